The molecule has 0 radical (unpaired) electrons. The average molecular weight is 252 g/mol. The predicted molar refractivity (Wildman–Crippen MR) is 42.7 cm³/mol. The number of rotatable bonds is 4. The van der Waals surface area contributed by atoms with Crippen molar-refractivity contribution in [1.82, 2.24) is 10.6 Å². The molecule has 0 saturated carbocycles. The van der Waals surface area contributed by atoms with Crippen LogP contribution < -0.4 is 10.6 Å². The second kappa shape index (κ2) is 5.80. The Hall–Kier alpha value is -1.15. The van der Waals surface area contributed by atoms with Crippen LogP contribution in [-0.2, 0) is 0 Å². The fourth-order valence-electron chi connectivity index (χ4n) is 0.698. The van der Waals surface area contributed by atoms with Crippen molar-refractivity contribution >= 4 is 6.03 Å². The first kappa shape index (κ1) is 14.8. The SMILES string of the molecule is O=C(NCCC(F)(F)F)NCCC(F)(F)F. The van der Waals surface area contributed by atoms with Gasteiger partial charge in [0.05, 0.1) is 12.8 Å². The fraction of sp³-hybridized carbons (Fsp3) is 0.857. The van der Waals surface area contributed by atoms with E-state index in [0.717, 1.165) is 0 Å². The van der Waals surface area contributed by atoms with Crippen molar-refractivity contribution in [2.75, 3.05) is 13.1 Å². The molecule has 0 atom stereocenters. The molecule has 0 bridgehead atoms. The molecule has 0 aromatic heterocycles. The Kier molecular flexibility index (Phi) is 5.39. The minimum absolute atomic E-state index is 0.665. The van der Waals surface area contributed by atoms with Crippen molar-refractivity contribution in [2.24, 2.45) is 0 Å². The van der Waals surface area contributed by atoms with Gasteiger partial charge >= 0.3 is 18.4 Å². The predicted octanol–water partition coefficient (Wildman–Crippen LogP) is 2.19. The first-order chi connectivity index (χ1) is 7.10. The van der Waals surface area contributed by atoms with Gasteiger partial charge in [-0.3, -0.25) is 0 Å². The van der Waals surface area contributed by atoms with Gasteiger partial charge in [-0.25, -0.2) is 4.79 Å². The quantitative estimate of drug-likeness (QED) is 0.740. The van der Waals surface area contributed by atoms with Gasteiger partial charge in [0.1, 0.15) is 0 Å². The van der Waals surface area contributed by atoms with Gasteiger partial charge < -0.3 is 10.6 Å². The van der Waals surface area contributed by atoms with Gasteiger partial charge in [-0.15, -0.1) is 0 Å². The first-order valence-corrected chi connectivity index (χ1v) is 4.25. The van der Waals surface area contributed by atoms with Gasteiger partial charge in [-0.05, 0) is 0 Å². The lowest BCUT2D eigenvalue weighted by atomic mass is 10.4. The van der Waals surface area contributed by atoms with E-state index in [4.69, 9.17) is 0 Å². The van der Waals surface area contributed by atoms with Gasteiger partial charge in [0.15, 0.2) is 0 Å². The largest absolute Gasteiger partial charge is 0.390 e. The van der Waals surface area contributed by atoms with Crippen LogP contribution in [0.25, 0.3) is 0 Å². The summed E-state index contributed by atoms with van der Waals surface area (Å²) in [6.07, 6.45) is -11.3. The van der Waals surface area contributed by atoms with Crippen LogP contribution in [-0.4, -0.2) is 31.5 Å². The fourth-order valence-corrected chi connectivity index (χ4v) is 0.698. The zero-order valence-electron chi connectivity index (χ0n) is 8.00. The number of carbonyl (C=O) groups excluding carboxylic acids is 1. The molecule has 0 rings (SSSR count). The average Bonchev–Trinajstić information content (AvgIpc) is 1.98. The Morgan fingerprint density at radius 3 is 1.38 bits per heavy atom. The molecule has 96 valence electrons. The summed E-state index contributed by atoms with van der Waals surface area (Å²) in [5.74, 6) is 0. The number of nitrogens with one attached hydrogen (secondary N) is 2. The van der Waals surface area contributed by atoms with Gasteiger partial charge in [-0.2, -0.15) is 26.3 Å². The minimum Gasteiger partial charge on any atom is -0.338 e. The highest BCUT2D eigenvalue weighted by atomic mass is 19.4. The summed E-state index contributed by atoms with van der Waals surface area (Å²) >= 11 is 0. The molecular weight excluding hydrogens is 242 g/mol. The maximum atomic E-state index is 11.6. The molecule has 2 amide bonds. The van der Waals surface area contributed by atoms with Crippen molar-refractivity contribution in [3.8, 4) is 0 Å². The maximum Gasteiger partial charge on any atom is 0.390 e. The lowest BCUT2D eigenvalue weighted by Gasteiger charge is -2.10. The molecule has 0 aromatic carbocycles. The number of halogens is 6. The van der Waals surface area contributed by atoms with Crippen molar-refractivity contribution in [1.29, 1.82) is 0 Å². The Balaban J connectivity index is 3.53. The summed E-state index contributed by atoms with van der Waals surface area (Å²) in [5.41, 5.74) is 0. The smallest absolute Gasteiger partial charge is 0.338 e. The molecule has 0 saturated heterocycles. The maximum absolute atomic E-state index is 11.6. The Labute approximate surface area is 87.2 Å². The summed E-state index contributed by atoms with van der Waals surface area (Å²) < 4.78 is 69.6. The van der Waals surface area contributed by atoms with E-state index in [1.54, 1.807) is 10.6 Å². The van der Waals surface area contributed by atoms with Crippen LogP contribution in [0, 0.1) is 0 Å². The monoisotopic (exact) mass is 252 g/mol. The molecule has 2 N–H and O–H groups in total. The third-order valence-corrected chi connectivity index (χ3v) is 1.39. The third-order valence-electron chi connectivity index (χ3n) is 1.39. The standard InChI is InChI=1S/C7H10F6N2O/c8-6(9,10)1-3-14-5(16)15-4-2-7(11,12)13/h1-4H2,(H2,14,15,16). The van der Waals surface area contributed by atoms with Crippen molar-refractivity contribution < 1.29 is 31.1 Å². The van der Waals surface area contributed by atoms with E-state index in [1.807, 2.05) is 0 Å². The molecule has 0 aliphatic heterocycles. The summed E-state index contributed by atoms with van der Waals surface area (Å²) in [5, 5.41) is 3.58. The molecule has 16 heavy (non-hydrogen) atoms. The summed E-state index contributed by atoms with van der Waals surface area (Å²) in [6.45, 7) is -1.33. The number of carbonyl (C=O) groups is 1. The molecule has 0 fully saturated rings. The molecule has 0 unspecified atom stereocenters. The first-order valence-electron chi connectivity index (χ1n) is 4.25. The Morgan fingerprint density at radius 1 is 0.812 bits per heavy atom. The van der Waals surface area contributed by atoms with Gasteiger partial charge in [0.2, 0.25) is 0 Å². The van der Waals surface area contributed by atoms with Crippen LogP contribution in [0.2, 0.25) is 0 Å². The van der Waals surface area contributed by atoms with Gasteiger partial charge in [-0.1, -0.05) is 0 Å². The van der Waals surface area contributed by atoms with Gasteiger partial charge in [0.25, 0.3) is 0 Å². The summed E-state index contributed by atoms with van der Waals surface area (Å²) in [6, 6.07) is -1.05. The molecular formula is C7H10F6N2O. The number of hydrogen-bond acceptors (Lipinski definition) is 1. The Bertz CT molecular complexity index is 202. The molecule has 9 heteroatoms. The molecule has 0 aromatic rings. The highest BCUT2D eigenvalue weighted by molar-refractivity contribution is 5.73. The number of urea groups is 1. The lowest BCUT2D eigenvalue weighted by molar-refractivity contribution is -0.133. The second-order valence-electron chi connectivity index (χ2n) is 2.91. The van der Waals surface area contributed by atoms with E-state index in [2.05, 4.69) is 0 Å². The lowest BCUT2D eigenvalue weighted by Crippen LogP contribution is -2.38. The van der Waals surface area contributed by atoms with E-state index in [-0.39, 0.29) is 0 Å². The molecule has 0 spiro atoms. The van der Waals surface area contributed by atoms with Crippen LogP contribution in [0.5, 0.6) is 0 Å². The molecule has 0 heterocycles. The number of hydrogen-bond donors (Lipinski definition) is 2. The van der Waals surface area contributed by atoms with E-state index < -0.39 is 44.3 Å². The van der Waals surface area contributed by atoms with E-state index in [9.17, 15) is 31.1 Å². The van der Waals surface area contributed by atoms with Crippen molar-refractivity contribution in [3.05, 3.63) is 0 Å². The zero-order valence-corrected chi connectivity index (χ0v) is 8.00. The molecule has 0 aliphatic carbocycles. The van der Waals surface area contributed by atoms with Crippen molar-refractivity contribution in [2.45, 2.75) is 25.2 Å². The molecule has 0 aliphatic rings. The summed E-state index contributed by atoms with van der Waals surface area (Å²) in [4.78, 5) is 10.7. The van der Waals surface area contributed by atoms with Crippen LogP contribution in [0.15, 0.2) is 0 Å². The van der Waals surface area contributed by atoms with E-state index >= 15 is 0 Å². The number of alkyl halides is 6. The van der Waals surface area contributed by atoms with Crippen LogP contribution in [0.4, 0.5) is 31.1 Å². The molecule has 3 nitrogen and oxygen atoms in total. The zero-order chi connectivity index (χ0) is 12.8. The highest BCUT2D eigenvalue weighted by Crippen LogP contribution is 2.18. The summed E-state index contributed by atoms with van der Waals surface area (Å²) in [7, 11) is 0. The van der Waals surface area contributed by atoms with E-state index in [0.29, 0.717) is 0 Å². The van der Waals surface area contributed by atoms with Crippen molar-refractivity contribution in [3.63, 3.8) is 0 Å². The van der Waals surface area contributed by atoms with E-state index in [1.165, 1.54) is 0 Å². The highest BCUT2D eigenvalue weighted by Gasteiger charge is 2.27. The van der Waals surface area contributed by atoms with Crippen LogP contribution >= 0.6 is 0 Å². The van der Waals surface area contributed by atoms with Gasteiger partial charge in [0, 0.05) is 13.1 Å². The Morgan fingerprint density at radius 2 is 1.12 bits per heavy atom. The minimum atomic E-state index is -4.40. The second-order valence-corrected chi connectivity index (χ2v) is 2.91. The van der Waals surface area contributed by atoms with Crippen LogP contribution in [0.3, 0.4) is 0 Å². The number of amides is 2. The topological polar surface area (TPSA) is 41.1 Å². The van der Waals surface area contributed by atoms with Crippen LogP contribution in [0.1, 0.15) is 12.8 Å². The normalized spacial score (nSPS) is 12.4. The third kappa shape index (κ3) is 10.9.